The van der Waals surface area contributed by atoms with Gasteiger partial charge in [-0.3, -0.25) is 48.6 Å². The van der Waals surface area contributed by atoms with E-state index in [0.717, 1.165) is 6.92 Å². The fourth-order valence-corrected chi connectivity index (χ4v) is 5.06. The molecule has 0 aliphatic carbocycles. The molecule has 0 radical (unpaired) electrons. The standard InChI is InChI=1S/C34H54N12O15/c1-15(50)26(46-32(60)23(14-49)44-27(55)18(35)12-47)33(61)45-22(13-48)31(59)42-20(9-16-4-6-17(51)7-5-16)29(57)43-21(10-24(36)52)30(58)41-19(3-2-8-39-34(37)38)28(56)40-11-25(53)54/h4-7,15,18-23,26,47-51H,2-3,8-14,35H2,1H3,(H2,36,52)(H,40,56)(H,41,58)(H,42,59)(H,43,57)(H,44,55)(H,45,61)(H,46,60)(H,53,54)(H4,37,38,39)/t15-,18+,19+,20+,21+,22+,23+,26+/m1/s1. The fourth-order valence-electron chi connectivity index (χ4n) is 5.06. The van der Waals surface area contributed by atoms with E-state index >= 15 is 0 Å². The van der Waals surface area contributed by atoms with Crippen LogP contribution in [0.5, 0.6) is 5.75 Å². The Kier molecular flexibility index (Phi) is 22.7. The first-order valence-corrected chi connectivity index (χ1v) is 18.4. The van der Waals surface area contributed by atoms with Crippen molar-refractivity contribution >= 4 is 59.2 Å². The lowest BCUT2D eigenvalue weighted by atomic mass is 10.0. The van der Waals surface area contributed by atoms with E-state index in [2.05, 4.69) is 37.2 Å². The van der Waals surface area contributed by atoms with Crippen LogP contribution in [0.15, 0.2) is 24.3 Å². The maximum Gasteiger partial charge on any atom is 0.322 e. The number of primary amides is 1. The Labute approximate surface area is 347 Å². The summed E-state index contributed by atoms with van der Waals surface area (Å²) >= 11 is 0. The van der Waals surface area contributed by atoms with E-state index in [4.69, 9.17) is 32.8 Å². The Morgan fingerprint density at radius 3 is 1.66 bits per heavy atom. The monoisotopic (exact) mass is 870 g/mol. The third kappa shape index (κ3) is 19.3. The number of hydrogen-bond acceptors (Lipinski definition) is 16. The smallest absolute Gasteiger partial charge is 0.322 e. The number of carboxylic acids is 1. The number of aromatic hydroxyl groups is 1. The van der Waals surface area contributed by atoms with Gasteiger partial charge in [0.2, 0.25) is 47.3 Å². The van der Waals surface area contributed by atoms with Crippen LogP contribution < -0.4 is 59.7 Å². The minimum Gasteiger partial charge on any atom is -0.508 e. The number of aliphatic hydroxyl groups is 4. The van der Waals surface area contributed by atoms with Crippen molar-refractivity contribution in [2.75, 3.05) is 32.9 Å². The zero-order valence-electron chi connectivity index (χ0n) is 32.9. The molecule has 1 aromatic rings. The quantitative estimate of drug-likeness (QED) is 0.0222. The molecule has 27 nitrogen and oxygen atoms in total. The van der Waals surface area contributed by atoms with Crippen LogP contribution in [0, 0.1) is 5.41 Å². The van der Waals surface area contributed by atoms with Gasteiger partial charge in [0, 0.05) is 13.0 Å². The van der Waals surface area contributed by atoms with Crippen LogP contribution in [-0.2, 0) is 49.6 Å². The summed E-state index contributed by atoms with van der Waals surface area (Å²) in [5.41, 5.74) is 16.3. The Hall–Kier alpha value is -6.68. The van der Waals surface area contributed by atoms with E-state index in [9.17, 15) is 63.6 Å². The SMILES string of the molecule is C[C@@H](O)[C@H](NC(=O)[C@H](CO)NC(=O)[C@@H](N)CO)C(=O)N[C@@H](CO)C(=O)N[C@@H](Cc1ccc(O)cc1)C(=O)N[C@@H](CC(N)=O)C(=O)N[C@@H](CCCNC(=N)N)C(=O)NCC(=O)O. The minimum atomic E-state index is -1.90. The summed E-state index contributed by atoms with van der Waals surface area (Å²) in [7, 11) is 0. The van der Waals surface area contributed by atoms with E-state index in [1.807, 2.05) is 5.32 Å². The van der Waals surface area contributed by atoms with Gasteiger partial charge in [0.25, 0.3) is 0 Å². The number of aliphatic carboxylic acids is 1. The van der Waals surface area contributed by atoms with Gasteiger partial charge in [0.1, 0.15) is 54.6 Å². The Morgan fingerprint density at radius 2 is 1.15 bits per heavy atom. The highest BCUT2D eigenvalue weighted by atomic mass is 16.4. The van der Waals surface area contributed by atoms with E-state index in [1.165, 1.54) is 24.3 Å². The maximum absolute atomic E-state index is 13.8. The van der Waals surface area contributed by atoms with Crippen molar-refractivity contribution in [2.24, 2.45) is 17.2 Å². The number of phenols is 1. The van der Waals surface area contributed by atoms with Gasteiger partial charge in [-0.2, -0.15) is 0 Å². The highest BCUT2D eigenvalue weighted by Gasteiger charge is 2.35. The molecule has 61 heavy (non-hydrogen) atoms. The van der Waals surface area contributed by atoms with E-state index in [-0.39, 0.29) is 25.1 Å². The molecule has 0 bridgehead atoms. The van der Waals surface area contributed by atoms with E-state index in [1.54, 1.807) is 0 Å². The number of benzene rings is 1. The molecular weight excluding hydrogens is 816 g/mol. The van der Waals surface area contributed by atoms with Crippen LogP contribution in [0.3, 0.4) is 0 Å². The van der Waals surface area contributed by atoms with Crippen LogP contribution in [0.2, 0.25) is 0 Å². The number of rotatable bonds is 27. The Balaban J connectivity index is 3.36. The summed E-state index contributed by atoms with van der Waals surface area (Å²) in [4.78, 5) is 115. The van der Waals surface area contributed by atoms with Crippen molar-refractivity contribution in [1.29, 1.82) is 5.41 Å². The number of amides is 8. The number of guanidine groups is 1. The average molecular weight is 871 g/mol. The number of carbonyl (C=O) groups is 9. The normalized spacial score (nSPS) is 14.7. The lowest BCUT2D eigenvalue weighted by molar-refractivity contribution is -0.139. The second-order valence-corrected chi connectivity index (χ2v) is 13.3. The Bertz CT molecular complexity index is 1720. The predicted molar refractivity (Wildman–Crippen MR) is 208 cm³/mol. The van der Waals surface area contributed by atoms with Gasteiger partial charge < -0.3 is 90.4 Å². The van der Waals surface area contributed by atoms with Crippen molar-refractivity contribution in [3.63, 3.8) is 0 Å². The second kappa shape index (κ2) is 26.4. The van der Waals surface area contributed by atoms with Gasteiger partial charge >= 0.3 is 5.97 Å². The number of carboxylic acid groups (broad SMARTS) is 1. The summed E-state index contributed by atoms with van der Waals surface area (Å²) in [6, 6.07) is -6.71. The molecule has 0 unspecified atom stereocenters. The highest BCUT2D eigenvalue weighted by molar-refractivity contribution is 5.98. The van der Waals surface area contributed by atoms with Crippen molar-refractivity contribution in [2.45, 2.75) is 81.0 Å². The Morgan fingerprint density at radius 1 is 0.656 bits per heavy atom. The number of aliphatic hydroxyl groups excluding tert-OH is 4. The van der Waals surface area contributed by atoms with Crippen LogP contribution in [-0.4, -0.2) is 171 Å². The van der Waals surface area contributed by atoms with E-state index < -0.39 is 147 Å². The molecule has 8 atom stereocenters. The largest absolute Gasteiger partial charge is 0.508 e. The summed E-state index contributed by atoms with van der Waals surface area (Å²) < 4.78 is 0. The zero-order chi connectivity index (χ0) is 46.4. The molecule has 1 rings (SSSR count). The molecule has 0 spiro atoms. The molecule has 0 saturated heterocycles. The molecule has 8 amide bonds. The van der Waals surface area contributed by atoms with Crippen LogP contribution in [0.25, 0.3) is 0 Å². The molecule has 0 saturated carbocycles. The minimum absolute atomic E-state index is 0.0587. The number of carbonyl (C=O) groups excluding carboxylic acids is 8. The first kappa shape index (κ1) is 52.3. The van der Waals surface area contributed by atoms with Gasteiger partial charge in [-0.05, 0) is 37.5 Å². The summed E-state index contributed by atoms with van der Waals surface area (Å²) in [6.45, 7) is -2.67. The predicted octanol–water partition coefficient (Wildman–Crippen LogP) is -9.13. The molecule has 0 aromatic heterocycles. The summed E-state index contributed by atoms with van der Waals surface area (Å²) in [5, 5.41) is 82.6. The van der Waals surface area contributed by atoms with E-state index in [0.29, 0.717) is 5.56 Å². The lowest BCUT2D eigenvalue weighted by Crippen LogP contribution is -2.62. The highest BCUT2D eigenvalue weighted by Crippen LogP contribution is 2.12. The number of nitrogens with one attached hydrogen (secondary N) is 9. The van der Waals surface area contributed by atoms with Crippen molar-refractivity contribution in [3.05, 3.63) is 29.8 Å². The fraction of sp³-hybridized carbons (Fsp3) is 0.529. The second-order valence-electron chi connectivity index (χ2n) is 13.3. The number of phenolic OH excluding ortho intramolecular Hbond substituents is 1. The first-order valence-electron chi connectivity index (χ1n) is 18.4. The topological polar surface area (TPSA) is 473 Å². The van der Waals surface area contributed by atoms with Crippen molar-refractivity contribution < 1.29 is 73.8 Å². The molecule has 0 fully saturated rings. The molecule has 1 aromatic carbocycles. The summed E-state index contributed by atoms with van der Waals surface area (Å²) in [5.74, 6) is -11.1. The first-order chi connectivity index (χ1) is 28.6. The molecular formula is C34H54N12O15. The third-order valence-corrected chi connectivity index (χ3v) is 8.31. The molecule has 27 heteroatoms. The van der Waals surface area contributed by atoms with Crippen LogP contribution in [0.4, 0.5) is 0 Å². The molecule has 0 aliphatic rings. The van der Waals surface area contributed by atoms with Gasteiger partial charge in [0.05, 0.1) is 32.3 Å². The maximum atomic E-state index is 13.8. The lowest BCUT2D eigenvalue weighted by Gasteiger charge is -2.27. The van der Waals surface area contributed by atoms with Gasteiger partial charge in [-0.1, -0.05) is 12.1 Å². The average Bonchev–Trinajstić information content (AvgIpc) is 3.20. The zero-order valence-corrected chi connectivity index (χ0v) is 32.9. The van der Waals surface area contributed by atoms with Gasteiger partial charge in [-0.15, -0.1) is 0 Å². The summed E-state index contributed by atoms with van der Waals surface area (Å²) in [6.07, 6.45) is -2.99. The van der Waals surface area contributed by atoms with Crippen molar-refractivity contribution in [3.8, 4) is 5.75 Å². The molecule has 21 N–H and O–H groups in total. The van der Waals surface area contributed by atoms with Crippen LogP contribution >= 0.6 is 0 Å². The molecule has 0 heterocycles. The molecule has 0 aliphatic heterocycles. The molecule has 340 valence electrons. The van der Waals surface area contributed by atoms with Gasteiger partial charge in [-0.25, -0.2) is 0 Å². The third-order valence-electron chi connectivity index (χ3n) is 8.31. The van der Waals surface area contributed by atoms with Gasteiger partial charge in [0.15, 0.2) is 5.96 Å². The van der Waals surface area contributed by atoms with Crippen LogP contribution in [0.1, 0.15) is 31.7 Å². The van der Waals surface area contributed by atoms with Crippen molar-refractivity contribution in [1.82, 2.24) is 42.5 Å². The number of nitrogens with two attached hydrogens (primary N) is 3. The number of hydrogen-bond donors (Lipinski definition) is 18.